The van der Waals surface area contributed by atoms with Crippen LogP contribution in [0, 0.1) is 0 Å². The highest BCUT2D eigenvalue weighted by molar-refractivity contribution is 5.76. The molecule has 468 valence electrons. The van der Waals surface area contributed by atoms with Crippen LogP contribution < -0.4 is 5.32 Å². The van der Waals surface area contributed by atoms with Crippen LogP contribution in [0.4, 0.5) is 0 Å². The minimum Gasteiger partial charge on any atom is -0.466 e. The second-order valence-corrected chi connectivity index (χ2v) is 24.9. The molecule has 0 spiro atoms. The van der Waals surface area contributed by atoms with Crippen molar-refractivity contribution in [2.45, 2.75) is 418 Å². The van der Waals surface area contributed by atoms with Crippen LogP contribution in [0.1, 0.15) is 406 Å². The number of nitrogens with one attached hydrogen (secondary N) is 1. The van der Waals surface area contributed by atoms with Crippen molar-refractivity contribution in [2.75, 3.05) is 13.2 Å². The Balaban J connectivity index is 3.34. The Kier molecular flexibility index (Phi) is 67.4. The average Bonchev–Trinajstić information content (AvgIpc) is 3.45. The molecule has 3 N–H and O–H groups in total. The Bertz CT molecular complexity index is 1230. The van der Waals surface area contributed by atoms with E-state index in [9.17, 15) is 19.8 Å². The van der Waals surface area contributed by atoms with Crippen molar-refractivity contribution in [3.63, 3.8) is 0 Å². The summed E-state index contributed by atoms with van der Waals surface area (Å²) < 4.78 is 5.49. The first-order valence-corrected chi connectivity index (χ1v) is 36.1. The van der Waals surface area contributed by atoms with Crippen LogP contribution in [0.3, 0.4) is 0 Å². The van der Waals surface area contributed by atoms with Gasteiger partial charge in [-0.3, -0.25) is 9.59 Å². The van der Waals surface area contributed by atoms with Gasteiger partial charge in [0.25, 0.3) is 0 Å². The zero-order valence-electron chi connectivity index (χ0n) is 53.6. The number of aliphatic hydroxyl groups is 2. The Morgan fingerprint density at radius 2 is 0.633 bits per heavy atom. The van der Waals surface area contributed by atoms with Crippen LogP contribution >= 0.6 is 0 Å². The lowest BCUT2D eigenvalue weighted by Gasteiger charge is -2.22. The van der Waals surface area contributed by atoms with Crippen molar-refractivity contribution in [3.8, 4) is 0 Å². The first-order valence-electron chi connectivity index (χ1n) is 36.1. The first kappa shape index (κ1) is 77.3. The molecule has 2 unspecified atom stereocenters. The fourth-order valence-electron chi connectivity index (χ4n) is 11.5. The molecule has 0 fully saturated rings. The predicted octanol–water partition coefficient (Wildman–Crippen LogP) is 23.3. The van der Waals surface area contributed by atoms with Crippen molar-refractivity contribution in [1.29, 1.82) is 0 Å². The van der Waals surface area contributed by atoms with Crippen molar-refractivity contribution >= 4 is 11.9 Å². The van der Waals surface area contributed by atoms with Gasteiger partial charge in [-0.15, -0.1) is 0 Å². The van der Waals surface area contributed by atoms with E-state index in [4.69, 9.17) is 4.74 Å². The van der Waals surface area contributed by atoms with Crippen molar-refractivity contribution < 1.29 is 24.5 Å². The fraction of sp³-hybridized carbons (Fsp3) is 0.918. The van der Waals surface area contributed by atoms with E-state index in [1.54, 1.807) is 0 Å². The van der Waals surface area contributed by atoms with Gasteiger partial charge in [-0.25, -0.2) is 0 Å². The summed E-state index contributed by atoms with van der Waals surface area (Å²) in [6, 6.07) is -0.539. The van der Waals surface area contributed by atoms with E-state index in [-0.39, 0.29) is 18.5 Å². The van der Waals surface area contributed by atoms with Gasteiger partial charge in [0.15, 0.2) is 0 Å². The maximum Gasteiger partial charge on any atom is 0.305 e. The summed E-state index contributed by atoms with van der Waals surface area (Å²) in [5.74, 6) is -0.0213. The van der Waals surface area contributed by atoms with Gasteiger partial charge in [0.2, 0.25) is 5.91 Å². The third-order valence-corrected chi connectivity index (χ3v) is 17.0. The van der Waals surface area contributed by atoms with Gasteiger partial charge in [0.1, 0.15) is 0 Å². The molecule has 0 aliphatic rings. The fourth-order valence-corrected chi connectivity index (χ4v) is 11.5. The molecule has 0 aromatic heterocycles. The quantitative estimate of drug-likeness (QED) is 0.0320. The lowest BCUT2D eigenvalue weighted by molar-refractivity contribution is -0.143. The van der Waals surface area contributed by atoms with Gasteiger partial charge in [-0.1, -0.05) is 359 Å². The number of amides is 1. The molecule has 0 aliphatic carbocycles. The maximum absolute atomic E-state index is 12.5. The summed E-state index contributed by atoms with van der Waals surface area (Å²) in [4.78, 5) is 24.6. The number of unbranched alkanes of at least 4 members (excludes halogenated alkanes) is 53. The highest BCUT2D eigenvalue weighted by atomic mass is 16.5. The summed E-state index contributed by atoms with van der Waals surface area (Å²) >= 11 is 0. The molecule has 79 heavy (non-hydrogen) atoms. The van der Waals surface area contributed by atoms with E-state index < -0.39 is 12.1 Å². The van der Waals surface area contributed by atoms with E-state index in [1.807, 2.05) is 0 Å². The molecule has 0 saturated carbocycles. The molecule has 6 heteroatoms. The highest BCUT2D eigenvalue weighted by Crippen LogP contribution is 2.19. The molecule has 2 atom stereocenters. The summed E-state index contributed by atoms with van der Waals surface area (Å²) in [6.45, 7) is 4.96. The second kappa shape index (κ2) is 68.8. The number of hydrogen-bond donors (Lipinski definition) is 3. The largest absolute Gasteiger partial charge is 0.466 e. The molecule has 6 nitrogen and oxygen atoms in total. The lowest BCUT2D eigenvalue weighted by atomic mass is 10.0. The van der Waals surface area contributed by atoms with Crippen molar-refractivity contribution in [1.82, 2.24) is 5.32 Å². The molecule has 0 saturated heterocycles. The Morgan fingerprint density at radius 3 is 0.987 bits per heavy atom. The zero-order valence-corrected chi connectivity index (χ0v) is 53.6. The Morgan fingerprint density at radius 1 is 0.354 bits per heavy atom. The zero-order chi connectivity index (χ0) is 57.1. The van der Waals surface area contributed by atoms with Gasteiger partial charge >= 0.3 is 5.97 Å². The van der Waals surface area contributed by atoms with Crippen LogP contribution in [-0.4, -0.2) is 47.4 Å². The SMILES string of the molecule is CCCCC/C=C\C/C=C\CCCCCCCC(=O)OCCCCCCCCCCCCCCCCCCCCCCCCCCCCCCCC(=O)NC(CO)C(O)CCCCCCCCCCCCCCCCCCCC. The topological polar surface area (TPSA) is 95.9 Å². The number of carbonyl (C=O) groups excluding carboxylic acids is 2. The maximum atomic E-state index is 12.5. The number of carbonyl (C=O) groups is 2. The van der Waals surface area contributed by atoms with Gasteiger partial charge in [0, 0.05) is 12.8 Å². The number of esters is 1. The third-order valence-electron chi connectivity index (χ3n) is 17.0. The number of aliphatic hydroxyl groups excluding tert-OH is 2. The number of rotatable bonds is 68. The van der Waals surface area contributed by atoms with Gasteiger partial charge < -0.3 is 20.3 Å². The molecule has 0 bridgehead atoms. The Hall–Kier alpha value is -1.66. The molecule has 0 heterocycles. The smallest absolute Gasteiger partial charge is 0.305 e. The van der Waals surface area contributed by atoms with E-state index >= 15 is 0 Å². The van der Waals surface area contributed by atoms with Crippen molar-refractivity contribution in [2.24, 2.45) is 0 Å². The Labute approximate surface area is 494 Å². The monoisotopic (exact) mass is 1110 g/mol. The molecule has 0 rings (SSSR count). The molecule has 0 aliphatic heterocycles. The first-order chi connectivity index (χ1) is 39.0. The minimum atomic E-state index is -0.662. The lowest BCUT2D eigenvalue weighted by Crippen LogP contribution is -2.45. The summed E-state index contributed by atoms with van der Waals surface area (Å²) in [5.41, 5.74) is 0. The molecule has 1 amide bonds. The summed E-state index contributed by atoms with van der Waals surface area (Å²) in [5, 5.41) is 23.4. The normalized spacial score (nSPS) is 12.6. The second-order valence-electron chi connectivity index (χ2n) is 24.9. The van der Waals surface area contributed by atoms with Gasteiger partial charge in [-0.2, -0.15) is 0 Å². The summed E-state index contributed by atoms with van der Waals surface area (Å²) in [7, 11) is 0. The van der Waals surface area contributed by atoms with Crippen molar-refractivity contribution in [3.05, 3.63) is 24.3 Å². The van der Waals surface area contributed by atoms with E-state index in [1.165, 1.54) is 321 Å². The van der Waals surface area contributed by atoms with E-state index in [0.29, 0.717) is 25.9 Å². The van der Waals surface area contributed by atoms with Crippen LogP contribution in [-0.2, 0) is 14.3 Å². The summed E-state index contributed by atoms with van der Waals surface area (Å²) in [6.07, 6.45) is 86.6. The molecular formula is C73H141NO5. The predicted molar refractivity (Wildman–Crippen MR) is 347 cm³/mol. The van der Waals surface area contributed by atoms with E-state index in [2.05, 4.69) is 43.5 Å². The molecule has 0 aromatic rings. The van der Waals surface area contributed by atoms with Gasteiger partial charge in [0.05, 0.1) is 25.4 Å². The molecule has 0 aromatic carbocycles. The van der Waals surface area contributed by atoms with Crippen LogP contribution in [0.5, 0.6) is 0 Å². The van der Waals surface area contributed by atoms with Crippen LogP contribution in [0.15, 0.2) is 24.3 Å². The standard InChI is InChI=1S/C73H141NO5/c1-3-5-7-9-11-13-15-17-19-20-34-38-41-45-49-53-57-61-65-71(76)70(69-75)74-72(77)66-62-58-54-50-46-42-39-35-32-30-28-26-24-22-21-23-25-27-29-31-33-36-40-44-48-52-56-60-64-68-79-73(78)67-63-59-55-51-47-43-37-18-16-14-12-10-8-6-4-2/h12,14,18,37,70-71,75-76H,3-11,13,15-17,19-36,38-69H2,1-2H3,(H,74,77)/b14-12-,37-18-. The average molecular weight is 1110 g/mol. The van der Waals surface area contributed by atoms with E-state index in [0.717, 1.165) is 51.4 Å². The minimum absolute atomic E-state index is 0.00616. The molecular weight excluding hydrogens is 971 g/mol. The highest BCUT2D eigenvalue weighted by Gasteiger charge is 2.20. The number of hydrogen-bond acceptors (Lipinski definition) is 5. The number of ether oxygens (including phenoxy) is 1. The number of allylic oxidation sites excluding steroid dienone is 4. The van der Waals surface area contributed by atoms with Gasteiger partial charge in [-0.05, 0) is 57.8 Å². The third kappa shape index (κ3) is 65.4. The molecule has 0 radical (unpaired) electrons. The van der Waals surface area contributed by atoms with Crippen LogP contribution in [0.2, 0.25) is 0 Å². The van der Waals surface area contributed by atoms with Crippen LogP contribution in [0.25, 0.3) is 0 Å².